The molecule has 0 aliphatic heterocycles. The van der Waals surface area contributed by atoms with Crippen LogP contribution in [0.2, 0.25) is 0 Å². The minimum atomic E-state index is -0.226. The van der Waals surface area contributed by atoms with Crippen LogP contribution in [-0.4, -0.2) is 19.2 Å². The van der Waals surface area contributed by atoms with Gasteiger partial charge in [0.1, 0.15) is 5.75 Å². The number of carbonyl (C=O) groups excluding carboxylic acids is 1. The van der Waals surface area contributed by atoms with Gasteiger partial charge in [0, 0.05) is 24.0 Å². The topological polar surface area (TPSA) is 85.6 Å². The normalized spacial score (nSPS) is 10.2. The Hall–Kier alpha value is -2.89. The number of carbonyl (C=O) groups is 1. The quantitative estimate of drug-likeness (QED) is 0.446. The van der Waals surface area contributed by atoms with Crippen LogP contribution in [0.3, 0.4) is 0 Å². The van der Waals surface area contributed by atoms with E-state index >= 15 is 0 Å². The molecule has 140 valence electrons. The Morgan fingerprint density at radius 2 is 1.81 bits per heavy atom. The second-order valence-corrected chi connectivity index (χ2v) is 5.85. The van der Waals surface area contributed by atoms with Crippen LogP contribution < -0.4 is 25.8 Å². The summed E-state index contributed by atoms with van der Waals surface area (Å²) in [5.74, 6) is 1.80. The Bertz CT molecular complexity index is 702. The van der Waals surface area contributed by atoms with Crippen LogP contribution in [0.1, 0.15) is 33.1 Å². The van der Waals surface area contributed by atoms with E-state index in [1.165, 1.54) is 0 Å². The zero-order valence-corrected chi connectivity index (χ0v) is 15.4. The first-order chi connectivity index (χ1) is 12.6. The lowest BCUT2D eigenvalue weighted by Gasteiger charge is -2.14. The molecule has 2 aromatic rings. The van der Waals surface area contributed by atoms with Crippen LogP contribution in [-0.2, 0) is 0 Å². The maximum Gasteiger partial charge on any atom is 0.319 e. The van der Waals surface area contributed by atoms with E-state index in [1.807, 2.05) is 6.92 Å². The highest BCUT2D eigenvalue weighted by Crippen LogP contribution is 2.34. The zero-order valence-electron chi connectivity index (χ0n) is 15.4. The van der Waals surface area contributed by atoms with Gasteiger partial charge in [0.15, 0.2) is 11.5 Å². The maximum atomic E-state index is 11.9. The first-order valence-corrected chi connectivity index (χ1v) is 8.97. The first kappa shape index (κ1) is 19.4. The first-order valence-electron chi connectivity index (χ1n) is 8.97. The number of nitrogen functional groups attached to an aromatic ring is 1. The fraction of sp³-hybridized carbons (Fsp3) is 0.350. The number of rotatable bonds is 9. The molecule has 0 aromatic heterocycles. The Labute approximate surface area is 154 Å². The van der Waals surface area contributed by atoms with E-state index in [0.717, 1.165) is 19.3 Å². The van der Waals surface area contributed by atoms with Crippen molar-refractivity contribution in [2.24, 2.45) is 0 Å². The van der Waals surface area contributed by atoms with Gasteiger partial charge >= 0.3 is 6.03 Å². The van der Waals surface area contributed by atoms with Crippen molar-refractivity contribution in [1.29, 1.82) is 0 Å². The molecule has 6 heteroatoms. The molecule has 0 spiro atoms. The highest BCUT2D eigenvalue weighted by Gasteiger charge is 2.10. The van der Waals surface area contributed by atoms with Crippen LogP contribution in [0.4, 0.5) is 16.2 Å². The van der Waals surface area contributed by atoms with E-state index in [2.05, 4.69) is 17.6 Å². The number of benzene rings is 2. The lowest BCUT2D eigenvalue weighted by atomic mass is 10.2. The average Bonchev–Trinajstić information content (AvgIpc) is 2.63. The third-order valence-electron chi connectivity index (χ3n) is 3.68. The number of anilines is 2. The molecule has 0 radical (unpaired) electrons. The van der Waals surface area contributed by atoms with Gasteiger partial charge in [-0.15, -0.1) is 0 Å². The summed E-state index contributed by atoms with van der Waals surface area (Å²) in [4.78, 5) is 11.9. The van der Waals surface area contributed by atoms with Gasteiger partial charge in [-0.3, -0.25) is 0 Å². The average molecular weight is 357 g/mol. The molecule has 0 bridgehead atoms. The van der Waals surface area contributed by atoms with Crippen molar-refractivity contribution in [2.75, 3.05) is 24.2 Å². The molecule has 0 saturated carbocycles. The number of nitrogens with two attached hydrogens (primary N) is 1. The fourth-order valence-electron chi connectivity index (χ4n) is 2.35. The van der Waals surface area contributed by atoms with Gasteiger partial charge in [0.2, 0.25) is 0 Å². The molecule has 2 amide bonds. The monoisotopic (exact) mass is 357 g/mol. The van der Waals surface area contributed by atoms with Crippen LogP contribution in [0.15, 0.2) is 42.5 Å². The van der Waals surface area contributed by atoms with Gasteiger partial charge in [-0.1, -0.05) is 19.8 Å². The SMILES string of the molecule is CCCCCNC(=O)Nc1ccc(Oc2ccc(N)cc2)c(OCC)c1. The standard InChI is InChI=1S/C20H27N3O3/c1-3-5-6-13-22-20(24)23-16-9-12-18(19(14-16)25-4-2)26-17-10-7-15(21)8-11-17/h7-12,14H,3-6,13,21H2,1-2H3,(H2,22,23,24). The third kappa shape index (κ3) is 6.20. The van der Waals surface area contributed by atoms with E-state index in [1.54, 1.807) is 42.5 Å². The summed E-state index contributed by atoms with van der Waals surface area (Å²) in [6.45, 7) is 5.18. The van der Waals surface area contributed by atoms with Gasteiger partial charge in [0.05, 0.1) is 6.61 Å². The lowest BCUT2D eigenvalue weighted by Crippen LogP contribution is -2.29. The van der Waals surface area contributed by atoms with Gasteiger partial charge in [-0.05, 0) is 49.7 Å². The van der Waals surface area contributed by atoms with Crippen molar-refractivity contribution in [1.82, 2.24) is 5.32 Å². The second kappa shape index (κ2) is 10.2. The fourth-order valence-corrected chi connectivity index (χ4v) is 2.35. The van der Waals surface area contributed by atoms with Crippen molar-refractivity contribution in [3.05, 3.63) is 42.5 Å². The van der Waals surface area contributed by atoms with Crippen molar-refractivity contribution < 1.29 is 14.3 Å². The number of hydrogen-bond acceptors (Lipinski definition) is 4. The molecule has 2 aromatic carbocycles. The van der Waals surface area contributed by atoms with Crippen LogP contribution in [0.25, 0.3) is 0 Å². The minimum Gasteiger partial charge on any atom is -0.490 e. The molecule has 0 heterocycles. The number of nitrogens with one attached hydrogen (secondary N) is 2. The predicted octanol–water partition coefficient (Wildman–Crippen LogP) is 4.77. The number of unbranched alkanes of at least 4 members (excludes halogenated alkanes) is 2. The Morgan fingerprint density at radius 3 is 2.50 bits per heavy atom. The largest absolute Gasteiger partial charge is 0.490 e. The predicted molar refractivity (Wildman–Crippen MR) is 105 cm³/mol. The van der Waals surface area contributed by atoms with E-state index in [4.69, 9.17) is 15.2 Å². The van der Waals surface area contributed by atoms with Crippen molar-refractivity contribution in [3.8, 4) is 17.2 Å². The summed E-state index contributed by atoms with van der Waals surface area (Å²) in [6.07, 6.45) is 3.20. The van der Waals surface area contributed by atoms with E-state index in [0.29, 0.717) is 41.8 Å². The highest BCUT2D eigenvalue weighted by molar-refractivity contribution is 5.89. The summed E-state index contributed by atoms with van der Waals surface area (Å²) in [5.41, 5.74) is 7.01. The van der Waals surface area contributed by atoms with Crippen LogP contribution >= 0.6 is 0 Å². The lowest BCUT2D eigenvalue weighted by molar-refractivity contribution is 0.252. The van der Waals surface area contributed by atoms with Crippen molar-refractivity contribution in [3.63, 3.8) is 0 Å². The van der Waals surface area contributed by atoms with Gasteiger partial charge in [-0.2, -0.15) is 0 Å². The molecule has 6 nitrogen and oxygen atoms in total. The maximum absolute atomic E-state index is 11.9. The van der Waals surface area contributed by atoms with Gasteiger partial charge in [0.25, 0.3) is 0 Å². The number of hydrogen-bond donors (Lipinski definition) is 3. The summed E-state index contributed by atoms with van der Waals surface area (Å²) in [6, 6.07) is 12.2. The molecular formula is C20H27N3O3. The van der Waals surface area contributed by atoms with Gasteiger partial charge < -0.3 is 25.8 Å². The Balaban J connectivity index is 2.02. The third-order valence-corrected chi connectivity index (χ3v) is 3.68. The molecule has 0 atom stereocenters. The zero-order chi connectivity index (χ0) is 18.8. The van der Waals surface area contributed by atoms with Crippen molar-refractivity contribution >= 4 is 17.4 Å². The molecule has 0 fully saturated rings. The minimum absolute atomic E-state index is 0.226. The smallest absolute Gasteiger partial charge is 0.319 e. The number of ether oxygens (including phenoxy) is 2. The van der Waals surface area contributed by atoms with Crippen molar-refractivity contribution in [2.45, 2.75) is 33.1 Å². The number of urea groups is 1. The summed E-state index contributed by atoms with van der Waals surface area (Å²) in [7, 11) is 0. The van der Waals surface area contributed by atoms with Crippen LogP contribution in [0.5, 0.6) is 17.2 Å². The second-order valence-electron chi connectivity index (χ2n) is 5.85. The molecule has 0 saturated heterocycles. The molecule has 0 aliphatic rings. The highest BCUT2D eigenvalue weighted by atomic mass is 16.5. The van der Waals surface area contributed by atoms with E-state index in [-0.39, 0.29) is 6.03 Å². The summed E-state index contributed by atoms with van der Waals surface area (Å²) >= 11 is 0. The number of amides is 2. The summed E-state index contributed by atoms with van der Waals surface area (Å²) in [5, 5.41) is 5.66. The molecule has 4 N–H and O–H groups in total. The van der Waals surface area contributed by atoms with E-state index in [9.17, 15) is 4.79 Å². The van der Waals surface area contributed by atoms with E-state index < -0.39 is 0 Å². The Kier molecular flexibility index (Phi) is 7.61. The molecule has 26 heavy (non-hydrogen) atoms. The van der Waals surface area contributed by atoms with Gasteiger partial charge in [-0.25, -0.2) is 4.79 Å². The van der Waals surface area contributed by atoms with Crippen LogP contribution in [0, 0.1) is 0 Å². The molecule has 2 rings (SSSR count). The summed E-state index contributed by atoms with van der Waals surface area (Å²) < 4.78 is 11.5. The Morgan fingerprint density at radius 1 is 1.04 bits per heavy atom. The molecular weight excluding hydrogens is 330 g/mol. The molecule has 0 unspecified atom stereocenters. The molecule has 0 aliphatic carbocycles.